The van der Waals surface area contributed by atoms with E-state index in [0.29, 0.717) is 18.8 Å². The van der Waals surface area contributed by atoms with Crippen LogP contribution in [0.15, 0.2) is 36.4 Å². The van der Waals surface area contributed by atoms with E-state index in [2.05, 4.69) is 24.8 Å². The van der Waals surface area contributed by atoms with Crippen molar-refractivity contribution in [1.29, 1.82) is 0 Å². The molecule has 2 aromatic carbocycles. The molecule has 0 saturated carbocycles. The molecule has 3 rings (SSSR count). The SMILES string of the molecule is CC1CN(CCOc2ccc(Cl)c3ccccc23)CC(C)O1. The Morgan fingerprint density at radius 3 is 2.50 bits per heavy atom. The number of nitrogens with zero attached hydrogens (tertiary/aromatic N) is 1. The molecule has 1 aliphatic rings. The topological polar surface area (TPSA) is 21.7 Å². The van der Waals surface area contributed by atoms with Gasteiger partial charge in [0.05, 0.1) is 12.2 Å². The quantitative estimate of drug-likeness (QED) is 0.850. The van der Waals surface area contributed by atoms with Crippen LogP contribution in [0.4, 0.5) is 0 Å². The van der Waals surface area contributed by atoms with E-state index in [-0.39, 0.29) is 0 Å². The Balaban J connectivity index is 1.64. The highest BCUT2D eigenvalue weighted by Gasteiger charge is 2.21. The zero-order valence-corrected chi connectivity index (χ0v) is 13.8. The summed E-state index contributed by atoms with van der Waals surface area (Å²) >= 11 is 6.24. The normalized spacial score (nSPS) is 22.9. The first-order valence-electron chi connectivity index (χ1n) is 7.81. The third kappa shape index (κ3) is 3.54. The van der Waals surface area contributed by atoms with Crippen LogP contribution < -0.4 is 4.74 Å². The van der Waals surface area contributed by atoms with Crippen molar-refractivity contribution < 1.29 is 9.47 Å². The first-order valence-corrected chi connectivity index (χ1v) is 8.19. The molecular weight excluding hydrogens is 298 g/mol. The first kappa shape index (κ1) is 15.6. The molecule has 118 valence electrons. The van der Waals surface area contributed by atoms with Gasteiger partial charge in [-0.05, 0) is 26.0 Å². The van der Waals surface area contributed by atoms with Gasteiger partial charge in [0.25, 0.3) is 0 Å². The molecule has 22 heavy (non-hydrogen) atoms. The van der Waals surface area contributed by atoms with Gasteiger partial charge in [-0.25, -0.2) is 0 Å². The van der Waals surface area contributed by atoms with Crippen LogP contribution in [0, 0.1) is 0 Å². The van der Waals surface area contributed by atoms with Crippen molar-refractivity contribution in [1.82, 2.24) is 4.90 Å². The van der Waals surface area contributed by atoms with Gasteiger partial charge in [0.15, 0.2) is 0 Å². The minimum atomic E-state index is 0.292. The fourth-order valence-corrected chi connectivity index (χ4v) is 3.34. The Bertz CT molecular complexity index is 636. The first-order chi connectivity index (χ1) is 10.6. The number of hydrogen-bond donors (Lipinski definition) is 0. The summed E-state index contributed by atoms with van der Waals surface area (Å²) in [7, 11) is 0. The Labute approximate surface area is 136 Å². The molecule has 1 heterocycles. The minimum absolute atomic E-state index is 0.292. The fraction of sp³-hybridized carbons (Fsp3) is 0.444. The molecule has 2 unspecified atom stereocenters. The summed E-state index contributed by atoms with van der Waals surface area (Å²) in [6.07, 6.45) is 0.584. The van der Waals surface area contributed by atoms with Crippen molar-refractivity contribution >= 4 is 22.4 Å². The van der Waals surface area contributed by atoms with E-state index < -0.39 is 0 Å². The number of rotatable bonds is 4. The Kier molecular flexibility index (Phi) is 4.87. The van der Waals surface area contributed by atoms with Crippen molar-refractivity contribution in [2.24, 2.45) is 0 Å². The van der Waals surface area contributed by atoms with E-state index in [1.807, 2.05) is 30.3 Å². The number of benzene rings is 2. The van der Waals surface area contributed by atoms with Crippen molar-refractivity contribution in [2.45, 2.75) is 26.1 Å². The standard InChI is InChI=1S/C18H22ClNO2/c1-13-11-20(12-14(2)22-13)9-10-21-18-8-7-17(19)15-5-3-4-6-16(15)18/h3-8,13-14H,9-12H2,1-2H3. The van der Waals surface area contributed by atoms with Crippen LogP contribution in [-0.4, -0.2) is 43.3 Å². The number of ether oxygens (including phenoxy) is 2. The molecular formula is C18H22ClNO2. The van der Waals surface area contributed by atoms with Crippen molar-refractivity contribution in [3.8, 4) is 5.75 Å². The third-order valence-corrected chi connectivity index (χ3v) is 4.32. The van der Waals surface area contributed by atoms with Crippen molar-refractivity contribution in [3.63, 3.8) is 0 Å². The van der Waals surface area contributed by atoms with E-state index in [4.69, 9.17) is 21.1 Å². The van der Waals surface area contributed by atoms with Gasteiger partial charge in [-0.1, -0.05) is 35.9 Å². The van der Waals surface area contributed by atoms with Crippen LogP contribution in [0.2, 0.25) is 5.02 Å². The number of fused-ring (bicyclic) bond motifs is 1. The predicted octanol–water partition coefficient (Wildman–Crippen LogP) is 3.98. The Hall–Kier alpha value is -1.29. The lowest BCUT2D eigenvalue weighted by Gasteiger charge is -2.35. The number of hydrogen-bond acceptors (Lipinski definition) is 3. The molecule has 0 aromatic heterocycles. The highest BCUT2D eigenvalue weighted by Crippen LogP contribution is 2.31. The molecule has 1 aliphatic heterocycles. The van der Waals surface area contributed by atoms with E-state index in [1.54, 1.807) is 0 Å². The molecule has 0 N–H and O–H groups in total. The van der Waals surface area contributed by atoms with Crippen LogP contribution in [0.1, 0.15) is 13.8 Å². The van der Waals surface area contributed by atoms with E-state index in [0.717, 1.165) is 41.2 Å². The summed E-state index contributed by atoms with van der Waals surface area (Å²) in [5.74, 6) is 0.898. The van der Waals surface area contributed by atoms with Crippen LogP contribution in [0.3, 0.4) is 0 Å². The number of morpholine rings is 1. The zero-order chi connectivity index (χ0) is 15.5. The lowest BCUT2D eigenvalue weighted by atomic mass is 10.1. The molecule has 0 spiro atoms. The summed E-state index contributed by atoms with van der Waals surface area (Å²) in [6, 6.07) is 11.9. The van der Waals surface area contributed by atoms with E-state index in [9.17, 15) is 0 Å². The maximum atomic E-state index is 6.24. The zero-order valence-electron chi connectivity index (χ0n) is 13.1. The van der Waals surface area contributed by atoms with Gasteiger partial charge in [-0.15, -0.1) is 0 Å². The van der Waals surface area contributed by atoms with E-state index >= 15 is 0 Å². The summed E-state index contributed by atoms with van der Waals surface area (Å²) in [4.78, 5) is 2.40. The van der Waals surface area contributed by atoms with Crippen molar-refractivity contribution in [3.05, 3.63) is 41.4 Å². The second-order valence-electron chi connectivity index (χ2n) is 5.96. The monoisotopic (exact) mass is 319 g/mol. The largest absolute Gasteiger partial charge is 0.492 e. The molecule has 4 heteroatoms. The smallest absolute Gasteiger partial charge is 0.127 e. The minimum Gasteiger partial charge on any atom is -0.492 e. The lowest BCUT2D eigenvalue weighted by Crippen LogP contribution is -2.46. The highest BCUT2D eigenvalue weighted by molar-refractivity contribution is 6.35. The number of halogens is 1. The second kappa shape index (κ2) is 6.86. The molecule has 1 saturated heterocycles. The molecule has 0 bridgehead atoms. The van der Waals surface area contributed by atoms with Crippen molar-refractivity contribution in [2.75, 3.05) is 26.2 Å². The Morgan fingerprint density at radius 1 is 1.09 bits per heavy atom. The summed E-state index contributed by atoms with van der Waals surface area (Å²) in [5, 5.41) is 2.87. The highest BCUT2D eigenvalue weighted by atomic mass is 35.5. The predicted molar refractivity (Wildman–Crippen MR) is 90.9 cm³/mol. The van der Waals surface area contributed by atoms with Crippen LogP contribution in [0.25, 0.3) is 10.8 Å². The average molecular weight is 320 g/mol. The van der Waals surface area contributed by atoms with Gasteiger partial charge in [0.2, 0.25) is 0 Å². The van der Waals surface area contributed by atoms with E-state index in [1.165, 1.54) is 0 Å². The van der Waals surface area contributed by atoms with Crippen LogP contribution in [-0.2, 0) is 4.74 Å². The molecule has 2 atom stereocenters. The van der Waals surface area contributed by atoms with Gasteiger partial charge >= 0.3 is 0 Å². The molecule has 0 amide bonds. The summed E-state index contributed by atoms with van der Waals surface area (Å²) < 4.78 is 11.8. The average Bonchev–Trinajstić information content (AvgIpc) is 2.49. The van der Waals surface area contributed by atoms with Crippen LogP contribution >= 0.6 is 11.6 Å². The molecule has 1 fully saturated rings. The molecule has 3 nitrogen and oxygen atoms in total. The summed E-state index contributed by atoms with van der Waals surface area (Å²) in [5.41, 5.74) is 0. The van der Waals surface area contributed by atoms with Gasteiger partial charge < -0.3 is 9.47 Å². The molecule has 2 aromatic rings. The molecule has 0 aliphatic carbocycles. The lowest BCUT2D eigenvalue weighted by molar-refractivity contribution is -0.0699. The van der Waals surface area contributed by atoms with Crippen LogP contribution in [0.5, 0.6) is 5.75 Å². The van der Waals surface area contributed by atoms with Gasteiger partial charge in [0.1, 0.15) is 12.4 Å². The summed E-state index contributed by atoms with van der Waals surface area (Å²) in [6.45, 7) is 7.76. The second-order valence-corrected chi connectivity index (χ2v) is 6.36. The van der Waals surface area contributed by atoms with Gasteiger partial charge in [-0.3, -0.25) is 4.90 Å². The fourth-order valence-electron chi connectivity index (χ4n) is 3.11. The maximum absolute atomic E-state index is 6.24. The van der Waals surface area contributed by atoms with Gasteiger partial charge in [0, 0.05) is 35.4 Å². The Morgan fingerprint density at radius 2 is 1.77 bits per heavy atom. The molecule has 0 radical (unpaired) electrons. The maximum Gasteiger partial charge on any atom is 0.127 e. The van der Waals surface area contributed by atoms with Gasteiger partial charge in [-0.2, -0.15) is 0 Å². The third-order valence-electron chi connectivity index (χ3n) is 3.99.